The number of phenolic OH excluding ortho intramolecular Hbond substituents is 1. The van der Waals surface area contributed by atoms with E-state index in [0.717, 1.165) is 5.56 Å². The van der Waals surface area contributed by atoms with Crippen molar-refractivity contribution < 1.29 is 19.7 Å². The third-order valence-corrected chi connectivity index (χ3v) is 2.73. The number of benzene rings is 1. The van der Waals surface area contributed by atoms with Crippen molar-refractivity contribution in [3.05, 3.63) is 29.8 Å². The van der Waals surface area contributed by atoms with Gasteiger partial charge in [0, 0.05) is 12.5 Å². The van der Waals surface area contributed by atoms with Gasteiger partial charge in [-0.2, -0.15) is 0 Å². The fourth-order valence-electron chi connectivity index (χ4n) is 1.75. The number of hydrogen-bond acceptors (Lipinski definition) is 3. The Morgan fingerprint density at radius 1 is 1.31 bits per heavy atom. The normalized spacial score (nSPS) is 13.4. The molecule has 16 heavy (non-hydrogen) atoms. The Kier molecular flexibility index (Phi) is 3.55. The summed E-state index contributed by atoms with van der Waals surface area (Å²) >= 11 is 0. The van der Waals surface area contributed by atoms with Gasteiger partial charge in [-0.15, -0.1) is 0 Å². The van der Waals surface area contributed by atoms with E-state index in [9.17, 15) is 9.90 Å². The highest BCUT2D eigenvalue weighted by molar-refractivity contribution is 5.74. The Hall–Kier alpha value is -1.55. The van der Waals surface area contributed by atoms with E-state index in [1.165, 1.54) is 19.2 Å². The zero-order valence-electron chi connectivity index (χ0n) is 9.60. The summed E-state index contributed by atoms with van der Waals surface area (Å²) in [6, 6.07) is 6.46. The smallest absolute Gasteiger partial charge is 0.333 e. The third kappa shape index (κ3) is 2.33. The minimum absolute atomic E-state index is 0.156. The molecule has 0 saturated heterocycles. The first-order chi connectivity index (χ1) is 7.39. The van der Waals surface area contributed by atoms with Gasteiger partial charge in [0.25, 0.3) is 0 Å². The lowest BCUT2D eigenvalue weighted by Gasteiger charge is -2.30. The molecule has 0 aliphatic rings. The van der Waals surface area contributed by atoms with Gasteiger partial charge in [-0.1, -0.05) is 26.0 Å². The number of hydrogen-bond donors (Lipinski definition) is 2. The number of rotatable bonds is 4. The molecule has 0 fully saturated rings. The van der Waals surface area contributed by atoms with Crippen molar-refractivity contribution in [3.63, 3.8) is 0 Å². The number of methoxy groups -OCH3 is 1. The average molecular weight is 224 g/mol. The van der Waals surface area contributed by atoms with Crippen molar-refractivity contribution in [2.45, 2.75) is 25.4 Å². The van der Waals surface area contributed by atoms with E-state index in [-0.39, 0.29) is 5.75 Å². The summed E-state index contributed by atoms with van der Waals surface area (Å²) in [6.07, 6.45) is -0.919. The summed E-state index contributed by atoms with van der Waals surface area (Å²) in [7, 11) is 1.38. The monoisotopic (exact) mass is 224 g/mol. The highest BCUT2D eigenvalue weighted by Gasteiger charge is 2.36. The first kappa shape index (κ1) is 12.5. The highest BCUT2D eigenvalue weighted by atomic mass is 16.5. The molecule has 0 spiro atoms. The first-order valence-corrected chi connectivity index (χ1v) is 4.94. The molecule has 0 aliphatic heterocycles. The quantitative estimate of drug-likeness (QED) is 0.818. The Morgan fingerprint density at radius 3 is 2.19 bits per heavy atom. The number of ether oxygens (including phenoxy) is 1. The lowest BCUT2D eigenvalue weighted by atomic mass is 9.79. The van der Waals surface area contributed by atoms with Crippen LogP contribution in [0, 0.1) is 0 Å². The molecular formula is C12H16O4. The molecule has 2 N–H and O–H groups in total. The molecule has 0 heterocycles. The van der Waals surface area contributed by atoms with E-state index in [1.54, 1.807) is 26.0 Å². The number of phenols is 1. The Balaban J connectivity index is 3.08. The summed E-state index contributed by atoms with van der Waals surface area (Å²) in [5.41, 5.74) is 0.147. The fraction of sp³-hybridized carbons (Fsp3) is 0.417. The van der Waals surface area contributed by atoms with Crippen LogP contribution in [0.5, 0.6) is 5.75 Å². The molecule has 1 unspecified atom stereocenters. The van der Waals surface area contributed by atoms with Crippen LogP contribution in [0.2, 0.25) is 0 Å². The van der Waals surface area contributed by atoms with Gasteiger partial charge in [-0.05, 0) is 17.7 Å². The molecular weight excluding hydrogens is 208 g/mol. The standard InChI is InChI=1S/C12H16O4/c1-12(2,10(16-3)11(14)15)8-4-6-9(13)7-5-8/h4-7,10,13H,1-3H3,(H,14,15). The summed E-state index contributed by atoms with van der Waals surface area (Å²) < 4.78 is 5.00. The van der Waals surface area contributed by atoms with Crippen LogP contribution in [0.1, 0.15) is 19.4 Å². The van der Waals surface area contributed by atoms with E-state index >= 15 is 0 Å². The topological polar surface area (TPSA) is 66.8 Å². The van der Waals surface area contributed by atoms with Gasteiger partial charge < -0.3 is 14.9 Å². The molecule has 0 aromatic heterocycles. The van der Waals surface area contributed by atoms with Gasteiger partial charge in [-0.3, -0.25) is 0 Å². The molecule has 1 aromatic carbocycles. The maximum absolute atomic E-state index is 11.0. The first-order valence-electron chi connectivity index (χ1n) is 4.94. The van der Waals surface area contributed by atoms with Crippen molar-refractivity contribution in [1.82, 2.24) is 0 Å². The third-order valence-electron chi connectivity index (χ3n) is 2.73. The van der Waals surface area contributed by atoms with Gasteiger partial charge in [0.05, 0.1) is 0 Å². The maximum atomic E-state index is 11.0. The van der Waals surface area contributed by atoms with Crippen molar-refractivity contribution in [2.24, 2.45) is 0 Å². The highest BCUT2D eigenvalue weighted by Crippen LogP contribution is 2.30. The van der Waals surface area contributed by atoms with Crippen LogP contribution in [0.15, 0.2) is 24.3 Å². The molecule has 1 atom stereocenters. The van der Waals surface area contributed by atoms with Crippen molar-refractivity contribution in [3.8, 4) is 5.75 Å². The fourth-order valence-corrected chi connectivity index (χ4v) is 1.75. The van der Waals surface area contributed by atoms with Crippen molar-refractivity contribution >= 4 is 5.97 Å². The number of aliphatic carboxylic acids is 1. The molecule has 1 aromatic rings. The van der Waals surface area contributed by atoms with Crippen LogP contribution in [0.3, 0.4) is 0 Å². The zero-order valence-corrected chi connectivity index (χ0v) is 9.60. The Bertz CT molecular complexity index is 367. The molecule has 4 nitrogen and oxygen atoms in total. The second-order valence-electron chi connectivity index (χ2n) is 4.22. The van der Waals surface area contributed by atoms with Crippen molar-refractivity contribution in [1.29, 1.82) is 0 Å². The largest absolute Gasteiger partial charge is 0.508 e. The lowest BCUT2D eigenvalue weighted by molar-refractivity contribution is -0.152. The van der Waals surface area contributed by atoms with Gasteiger partial charge >= 0.3 is 5.97 Å². The molecule has 0 bridgehead atoms. The van der Waals surface area contributed by atoms with Crippen LogP contribution < -0.4 is 0 Å². The second-order valence-corrected chi connectivity index (χ2v) is 4.22. The number of carbonyl (C=O) groups is 1. The molecule has 0 aliphatic carbocycles. The number of carboxylic acid groups (broad SMARTS) is 1. The van der Waals surface area contributed by atoms with Crippen LogP contribution in [-0.2, 0) is 14.9 Å². The maximum Gasteiger partial charge on any atom is 0.333 e. The molecule has 0 radical (unpaired) electrons. The van der Waals surface area contributed by atoms with Gasteiger partial charge in [0.1, 0.15) is 5.75 Å². The van der Waals surface area contributed by atoms with Crippen LogP contribution in [0.4, 0.5) is 0 Å². The van der Waals surface area contributed by atoms with E-state index in [1.807, 2.05) is 0 Å². The van der Waals surface area contributed by atoms with E-state index < -0.39 is 17.5 Å². The molecule has 1 rings (SSSR count). The summed E-state index contributed by atoms with van der Waals surface area (Å²) in [5.74, 6) is -0.843. The van der Waals surface area contributed by atoms with E-state index in [2.05, 4.69) is 0 Å². The van der Waals surface area contributed by atoms with Crippen LogP contribution >= 0.6 is 0 Å². The van der Waals surface area contributed by atoms with Crippen molar-refractivity contribution in [2.75, 3.05) is 7.11 Å². The summed E-state index contributed by atoms with van der Waals surface area (Å²) in [4.78, 5) is 11.0. The second kappa shape index (κ2) is 4.53. The minimum atomic E-state index is -0.999. The lowest BCUT2D eigenvalue weighted by Crippen LogP contribution is -2.41. The molecule has 0 amide bonds. The summed E-state index contributed by atoms with van der Waals surface area (Å²) in [5, 5.41) is 18.2. The Morgan fingerprint density at radius 2 is 1.81 bits per heavy atom. The summed E-state index contributed by atoms with van der Waals surface area (Å²) in [6.45, 7) is 3.59. The average Bonchev–Trinajstić information content (AvgIpc) is 2.18. The van der Waals surface area contributed by atoms with Gasteiger partial charge in [-0.25, -0.2) is 4.79 Å². The minimum Gasteiger partial charge on any atom is -0.508 e. The molecule has 4 heteroatoms. The zero-order chi connectivity index (χ0) is 12.3. The number of carboxylic acids is 1. The Labute approximate surface area is 94.5 Å². The van der Waals surface area contributed by atoms with Crippen LogP contribution in [-0.4, -0.2) is 29.4 Å². The predicted octanol–water partition coefficient (Wildman–Crippen LogP) is 1.77. The molecule has 0 saturated carbocycles. The SMILES string of the molecule is COC(C(=O)O)C(C)(C)c1ccc(O)cc1. The predicted molar refractivity (Wildman–Crippen MR) is 59.6 cm³/mol. The molecule has 88 valence electrons. The van der Waals surface area contributed by atoms with Gasteiger partial charge in [0.2, 0.25) is 0 Å². The van der Waals surface area contributed by atoms with E-state index in [4.69, 9.17) is 9.84 Å². The van der Waals surface area contributed by atoms with E-state index in [0.29, 0.717) is 0 Å². The number of aromatic hydroxyl groups is 1. The van der Waals surface area contributed by atoms with Crippen LogP contribution in [0.25, 0.3) is 0 Å². The van der Waals surface area contributed by atoms with Gasteiger partial charge in [0.15, 0.2) is 6.10 Å².